The van der Waals surface area contributed by atoms with Crippen molar-refractivity contribution in [2.45, 2.75) is 20.0 Å². The van der Waals surface area contributed by atoms with Gasteiger partial charge in [0, 0.05) is 10.6 Å². The van der Waals surface area contributed by atoms with Crippen LogP contribution in [0.4, 0.5) is 0 Å². The summed E-state index contributed by atoms with van der Waals surface area (Å²) in [5.41, 5.74) is 2.06. The lowest BCUT2D eigenvalue weighted by molar-refractivity contribution is 0.229. The summed E-state index contributed by atoms with van der Waals surface area (Å²) in [6, 6.07) is 15.0. The number of hydrogen-bond donors (Lipinski definition) is 0. The van der Waals surface area contributed by atoms with Crippen molar-refractivity contribution in [2.75, 3.05) is 7.11 Å². The number of hydrogen-bond acceptors (Lipinski definition) is 3. The lowest BCUT2D eigenvalue weighted by Crippen LogP contribution is -2.08. The minimum absolute atomic E-state index is 0.00449. The van der Waals surface area contributed by atoms with Crippen LogP contribution >= 0.6 is 11.6 Å². The normalized spacial score (nSPS) is 11.2. The van der Waals surface area contributed by atoms with Gasteiger partial charge in [0.25, 0.3) is 0 Å². The second-order valence-electron chi connectivity index (χ2n) is 5.23. The molecule has 0 bridgehead atoms. The summed E-state index contributed by atoms with van der Waals surface area (Å²) in [5.74, 6) is 1.26. The summed E-state index contributed by atoms with van der Waals surface area (Å²) in [7, 11) is 1.60. The molecule has 3 nitrogen and oxygen atoms in total. The molecule has 0 unspecified atom stereocenters. The van der Waals surface area contributed by atoms with Crippen LogP contribution in [-0.2, 0) is 0 Å². The van der Waals surface area contributed by atoms with Gasteiger partial charge in [-0.15, -0.1) is 0 Å². The van der Waals surface area contributed by atoms with Crippen LogP contribution in [-0.4, -0.2) is 13.2 Å². The van der Waals surface area contributed by atoms with Gasteiger partial charge in [-0.2, -0.15) is 5.26 Å². The van der Waals surface area contributed by atoms with E-state index in [0.717, 1.165) is 11.1 Å². The maximum atomic E-state index is 9.50. The van der Waals surface area contributed by atoms with Crippen molar-refractivity contribution in [1.82, 2.24) is 0 Å². The maximum absolute atomic E-state index is 9.50. The first-order valence-electron chi connectivity index (χ1n) is 7.26. The van der Waals surface area contributed by atoms with Gasteiger partial charge in [0.15, 0.2) is 11.5 Å². The van der Waals surface area contributed by atoms with Crippen LogP contribution in [0.3, 0.4) is 0 Å². The van der Waals surface area contributed by atoms with Gasteiger partial charge in [-0.25, -0.2) is 0 Å². The van der Waals surface area contributed by atoms with Gasteiger partial charge in [-0.1, -0.05) is 35.9 Å². The van der Waals surface area contributed by atoms with E-state index in [1.807, 2.05) is 44.2 Å². The summed E-state index contributed by atoms with van der Waals surface area (Å²) in [5, 5.41) is 10.1. The van der Waals surface area contributed by atoms with Crippen LogP contribution in [0.25, 0.3) is 11.6 Å². The van der Waals surface area contributed by atoms with Crippen LogP contribution in [0.15, 0.2) is 42.5 Å². The topological polar surface area (TPSA) is 42.2 Å². The molecule has 0 aliphatic heterocycles. The first-order valence-corrected chi connectivity index (χ1v) is 7.64. The molecule has 118 valence electrons. The molecule has 0 aliphatic rings. The average molecular weight is 328 g/mol. The molecule has 0 N–H and O–H groups in total. The number of halogens is 1. The SMILES string of the molecule is COc1cccc(/C=C(/C#N)c2cccc(Cl)c2)c1OC(C)C. The van der Waals surface area contributed by atoms with Crippen molar-refractivity contribution in [3.63, 3.8) is 0 Å². The molecule has 0 heterocycles. The third kappa shape index (κ3) is 4.28. The van der Waals surface area contributed by atoms with E-state index in [2.05, 4.69) is 6.07 Å². The van der Waals surface area contributed by atoms with Gasteiger partial charge in [0.05, 0.1) is 24.9 Å². The third-order valence-corrected chi connectivity index (χ3v) is 3.37. The first kappa shape index (κ1) is 16.9. The molecule has 0 radical (unpaired) electrons. The zero-order chi connectivity index (χ0) is 16.8. The van der Waals surface area contributed by atoms with Crippen molar-refractivity contribution in [2.24, 2.45) is 0 Å². The highest BCUT2D eigenvalue weighted by atomic mass is 35.5. The third-order valence-electron chi connectivity index (χ3n) is 3.14. The number of rotatable bonds is 5. The van der Waals surface area contributed by atoms with E-state index in [1.54, 1.807) is 25.3 Å². The molecule has 2 aromatic rings. The van der Waals surface area contributed by atoms with Crippen molar-refractivity contribution in [3.8, 4) is 17.6 Å². The quantitative estimate of drug-likeness (QED) is 0.560. The standard InChI is InChI=1S/C19H18ClNO2/c1-13(2)23-19-15(7-5-9-18(19)22-3)10-16(12-21)14-6-4-8-17(20)11-14/h4-11,13H,1-3H3/b16-10-. The number of benzene rings is 2. The van der Waals surface area contributed by atoms with Crippen LogP contribution in [0.2, 0.25) is 5.02 Å². The average Bonchev–Trinajstić information content (AvgIpc) is 2.53. The Kier molecular flexibility index (Phi) is 5.67. The first-order chi connectivity index (χ1) is 11.0. The molecule has 23 heavy (non-hydrogen) atoms. The molecule has 0 aromatic heterocycles. The molecule has 0 aliphatic carbocycles. The summed E-state index contributed by atoms with van der Waals surface area (Å²) < 4.78 is 11.2. The monoisotopic (exact) mass is 327 g/mol. The van der Waals surface area contributed by atoms with Gasteiger partial charge >= 0.3 is 0 Å². The Morgan fingerprint density at radius 3 is 2.57 bits per heavy atom. The number of allylic oxidation sites excluding steroid dienone is 1. The fourth-order valence-corrected chi connectivity index (χ4v) is 2.35. The Hall–Kier alpha value is -2.44. The van der Waals surface area contributed by atoms with Crippen molar-refractivity contribution in [3.05, 3.63) is 58.6 Å². The molecular formula is C19H18ClNO2. The second kappa shape index (κ2) is 7.71. The highest BCUT2D eigenvalue weighted by Crippen LogP contribution is 2.34. The van der Waals surface area contributed by atoms with Crippen LogP contribution in [0.5, 0.6) is 11.5 Å². The number of methoxy groups -OCH3 is 1. The Morgan fingerprint density at radius 2 is 1.96 bits per heavy atom. The number of para-hydroxylation sites is 1. The number of nitriles is 1. The van der Waals surface area contributed by atoms with Crippen molar-refractivity contribution in [1.29, 1.82) is 5.26 Å². The summed E-state index contributed by atoms with van der Waals surface area (Å²) >= 11 is 6.02. The lowest BCUT2D eigenvalue weighted by atomic mass is 10.0. The molecule has 0 spiro atoms. The van der Waals surface area contributed by atoms with Gasteiger partial charge in [-0.05, 0) is 43.7 Å². The Morgan fingerprint density at radius 1 is 1.22 bits per heavy atom. The largest absolute Gasteiger partial charge is 0.493 e. The van der Waals surface area contributed by atoms with Crippen molar-refractivity contribution >= 4 is 23.3 Å². The predicted molar refractivity (Wildman–Crippen MR) is 93.7 cm³/mol. The fraction of sp³-hybridized carbons (Fsp3) is 0.211. The zero-order valence-electron chi connectivity index (χ0n) is 13.3. The molecule has 0 atom stereocenters. The minimum atomic E-state index is -0.00449. The highest BCUT2D eigenvalue weighted by Gasteiger charge is 2.12. The minimum Gasteiger partial charge on any atom is -0.493 e. The van der Waals surface area contributed by atoms with Crippen LogP contribution < -0.4 is 9.47 Å². The zero-order valence-corrected chi connectivity index (χ0v) is 14.1. The molecule has 0 saturated carbocycles. The van der Waals surface area contributed by atoms with Crippen molar-refractivity contribution < 1.29 is 9.47 Å². The molecule has 0 fully saturated rings. The smallest absolute Gasteiger partial charge is 0.168 e. The Balaban J connectivity index is 2.54. The molecule has 4 heteroatoms. The number of nitrogens with zero attached hydrogens (tertiary/aromatic N) is 1. The van der Waals surface area contributed by atoms with E-state index in [1.165, 1.54) is 0 Å². The Bertz CT molecular complexity index is 760. The van der Waals surface area contributed by atoms with Gasteiger partial charge < -0.3 is 9.47 Å². The van der Waals surface area contributed by atoms with E-state index >= 15 is 0 Å². The summed E-state index contributed by atoms with van der Waals surface area (Å²) in [6.45, 7) is 3.89. The van der Waals surface area contributed by atoms with E-state index in [4.69, 9.17) is 21.1 Å². The van der Waals surface area contributed by atoms with Gasteiger partial charge in [-0.3, -0.25) is 0 Å². The van der Waals surface area contributed by atoms with E-state index in [-0.39, 0.29) is 6.10 Å². The van der Waals surface area contributed by atoms with E-state index < -0.39 is 0 Å². The second-order valence-corrected chi connectivity index (χ2v) is 5.66. The summed E-state index contributed by atoms with van der Waals surface area (Å²) in [6.07, 6.45) is 1.78. The Labute approximate surface area is 141 Å². The molecule has 2 aromatic carbocycles. The van der Waals surface area contributed by atoms with Crippen LogP contribution in [0.1, 0.15) is 25.0 Å². The maximum Gasteiger partial charge on any atom is 0.168 e. The molecule has 0 saturated heterocycles. The lowest BCUT2D eigenvalue weighted by Gasteiger charge is -2.16. The van der Waals surface area contributed by atoms with Gasteiger partial charge in [0.1, 0.15) is 0 Å². The van der Waals surface area contributed by atoms with E-state index in [9.17, 15) is 5.26 Å². The van der Waals surface area contributed by atoms with Crippen LogP contribution in [0, 0.1) is 11.3 Å². The predicted octanol–water partition coefficient (Wildman–Crippen LogP) is 5.20. The molecule has 0 amide bonds. The number of ether oxygens (including phenoxy) is 2. The highest BCUT2D eigenvalue weighted by molar-refractivity contribution is 6.30. The van der Waals surface area contributed by atoms with Gasteiger partial charge in [0.2, 0.25) is 0 Å². The van der Waals surface area contributed by atoms with E-state index in [0.29, 0.717) is 22.1 Å². The molecule has 2 rings (SSSR count). The summed E-state index contributed by atoms with van der Waals surface area (Å²) in [4.78, 5) is 0. The molecular weight excluding hydrogens is 310 g/mol. The fourth-order valence-electron chi connectivity index (χ4n) is 2.16.